The highest BCUT2D eigenvalue weighted by molar-refractivity contribution is 7.91. The quantitative estimate of drug-likeness (QED) is 0.914. The summed E-state index contributed by atoms with van der Waals surface area (Å²) in [4.78, 5) is 2.46. The van der Waals surface area contributed by atoms with Crippen LogP contribution in [0, 0.1) is 5.92 Å². The van der Waals surface area contributed by atoms with Gasteiger partial charge >= 0.3 is 0 Å². The van der Waals surface area contributed by atoms with Crippen molar-refractivity contribution in [3.63, 3.8) is 0 Å². The van der Waals surface area contributed by atoms with Gasteiger partial charge in [0.2, 0.25) is 0 Å². The SMILES string of the molecule is O=S(=O)(C[C@]1(O)CN2CCC1CC2)c1ccc(-c2ccccc2)cc1. The molecule has 0 radical (unpaired) electrons. The summed E-state index contributed by atoms with van der Waals surface area (Å²) in [6.07, 6.45) is 1.78. The van der Waals surface area contributed by atoms with Crippen molar-refractivity contribution >= 4 is 9.84 Å². The van der Waals surface area contributed by atoms with E-state index in [0.29, 0.717) is 6.54 Å². The van der Waals surface area contributed by atoms with Crippen molar-refractivity contribution < 1.29 is 13.5 Å². The maximum Gasteiger partial charge on any atom is 0.181 e. The van der Waals surface area contributed by atoms with Crippen molar-refractivity contribution in [1.29, 1.82) is 0 Å². The Bertz CT molecular complexity index is 840. The molecular weight excluding hydrogens is 334 g/mol. The average Bonchev–Trinajstić information content (AvgIpc) is 2.62. The van der Waals surface area contributed by atoms with Crippen molar-refractivity contribution in [2.45, 2.75) is 23.3 Å². The van der Waals surface area contributed by atoms with Crippen LogP contribution in [0.4, 0.5) is 0 Å². The van der Waals surface area contributed by atoms with Gasteiger partial charge in [0.1, 0.15) is 0 Å². The first-order valence-corrected chi connectivity index (χ1v) is 10.4. The zero-order chi connectivity index (χ0) is 17.5. The van der Waals surface area contributed by atoms with E-state index in [9.17, 15) is 13.5 Å². The molecule has 132 valence electrons. The number of benzene rings is 2. The van der Waals surface area contributed by atoms with Crippen LogP contribution in [0.15, 0.2) is 59.5 Å². The lowest BCUT2D eigenvalue weighted by Crippen LogP contribution is -2.61. The van der Waals surface area contributed by atoms with E-state index < -0.39 is 15.4 Å². The predicted octanol–water partition coefficient (Wildman–Crippen LogP) is 2.58. The minimum atomic E-state index is -3.52. The molecule has 1 atom stereocenters. The van der Waals surface area contributed by atoms with Gasteiger partial charge in [-0.3, -0.25) is 0 Å². The number of sulfone groups is 1. The van der Waals surface area contributed by atoms with Gasteiger partial charge in [0, 0.05) is 6.54 Å². The van der Waals surface area contributed by atoms with Crippen LogP contribution in [0.5, 0.6) is 0 Å². The maximum atomic E-state index is 12.9. The highest BCUT2D eigenvalue weighted by atomic mass is 32.2. The highest BCUT2D eigenvalue weighted by Gasteiger charge is 2.48. The van der Waals surface area contributed by atoms with Gasteiger partial charge in [-0.2, -0.15) is 0 Å². The zero-order valence-electron chi connectivity index (χ0n) is 14.1. The summed E-state index contributed by atoms with van der Waals surface area (Å²) in [5.74, 6) is -0.0952. The van der Waals surface area contributed by atoms with E-state index >= 15 is 0 Å². The number of nitrogens with zero attached hydrogens (tertiary/aromatic N) is 1. The summed E-state index contributed by atoms with van der Waals surface area (Å²) in [5.41, 5.74) is 0.927. The molecule has 0 aromatic heterocycles. The molecule has 2 aromatic rings. The van der Waals surface area contributed by atoms with E-state index in [4.69, 9.17) is 0 Å². The molecule has 4 nitrogen and oxygen atoms in total. The van der Waals surface area contributed by atoms with Gasteiger partial charge in [-0.1, -0.05) is 42.5 Å². The number of piperidine rings is 3. The van der Waals surface area contributed by atoms with Crippen LogP contribution in [0.2, 0.25) is 0 Å². The first-order valence-electron chi connectivity index (χ1n) is 8.79. The summed E-state index contributed by atoms with van der Waals surface area (Å²) < 4.78 is 25.7. The molecule has 3 fully saturated rings. The Morgan fingerprint density at radius 3 is 2.12 bits per heavy atom. The molecule has 3 heterocycles. The van der Waals surface area contributed by atoms with E-state index in [2.05, 4.69) is 4.90 Å². The van der Waals surface area contributed by atoms with Crippen LogP contribution < -0.4 is 0 Å². The monoisotopic (exact) mass is 357 g/mol. The number of fused-ring (bicyclic) bond motifs is 3. The van der Waals surface area contributed by atoms with Gasteiger partial charge < -0.3 is 10.0 Å². The summed E-state index contributed by atoms with van der Waals surface area (Å²) in [7, 11) is -3.52. The minimum absolute atomic E-state index is 0.0934. The van der Waals surface area contributed by atoms with Gasteiger partial charge in [0.15, 0.2) is 9.84 Å². The maximum absolute atomic E-state index is 12.9. The molecule has 3 saturated heterocycles. The zero-order valence-corrected chi connectivity index (χ0v) is 15.0. The van der Waals surface area contributed by atoms with E-state index in [-0.39, 0.29) is 16.6 Å². The second-order valence-corrected chi connectivity index (χ2v) is 9.29. The summed E-state index contributed by atoms with van der Waals surface area (Å²) in [6, 6.07) is 16.9. The molecule has 3 aliphatic heterocycles. The first kappa shape index (κ1) is 16.8. The van der Waals surface area contributed by atoms with Crippen molar-refractivity contribution in [2.24, 2.45) is 5.92 Å². The van der Waals surface area contributed by atoms with Gasteiger partial charge in [-0.25, -0.2) is 8.42 Å². The lowest BCUT2D eigenvalue weighted by molar-refractivity contribution is -0.0958. The number of rotatable bonds is 4. The minimum Gasteiger partial charge on any atom is -0.387 e. The third-order valence-electron chi connectivity index (χ3n) is 5.61. The Hall–Kier alpha value is -1.69. The number of hydrogen-bond donors (Lipinski definition) is 1. The van der Waals surface area contributed by atoms with Gasteiger partial charge in [-0.15, -0.1) is 0 Å². The second-order valence-electron chi connectivity index (χ2n) is 7.30. The fourth-order valence-corrected chi connectivity index (χ4v) is 5.91. The Kier molecular flexibility index (Phi) is 4.18. The molecule has 0 amide bonds. The smallest absolute Gasteiger partial charge is 0.181 e. The topological polar surface area (TPSA) is 57.6 Å². The van der Waals surface area contributed by atoms with Crippen molar-refractivity contribution in [3.05, 3.63) is 54.6 Å². The van der Waals surface area contributed by atoms with Gasteiger partial charge in [-0.05, 0) is 55.1 Å². The summed E-state index contributed by atoms with van der Waals surface area (Å²) >= 11 is 0. The molecule has 5 rings (SSSR count). The fraction of sp³-hybridized carbons (Fsp3) is 0.400. The molecule has 3 aliphatic rings. The van der Waals surface area contributed by atoms with Gasteiger partial charge in [0.25, 0.3) is 0 Å². The van der Waals surface area contributed by atoms with Gasteiger partial charge in [0.05, 0.1) is 16.2 Å². The van der Waals surface area contributed by atoms with Crippen LogP contribution in [0.1, 0.15) is 12.8 Å². The van der Waals surface area contributed by atoms with E-state index in [0.717, 1.165) is 37.1 Å². The van der Waals surface area contributed by atoms with Crippen LogP contribution in [-0.4, -0.2) is 49.4 Å². The molecule has 1 N–H and O–H groups in total. The second kappa shape index (κ2) is 6.24. The number of hydrogen-bond acceptors (Lipinski definition) is 4. The molecule has 0 aliphatic carbocycles. The molecule has 2 bridgehead atoms. The molecule has 0 saturated carbocycles. The molecule has 0 spiro atoms. The molecule has 5 heteroatoms. The molecule has 2 aromatic carbocycles. The van der Waals surface area contributed by atoms with E-state index in [1.807, 2.05) is 42.5 Å². The summed E-state index contributed by atoms with van der Waals surface area (Å²) in [5, 5.41) is 11.0. The number of aliphatic hydroxyl groups is 1. The van der Waals surface area contributed by atoms with Crippen molar-refractivity contribution in [3.8, 4) is 11.1 Å². The third-order valence-corrected chi connectivity index (χ3v) is 7.48. The highest BCUT2D eigenvalue weighted by Crippen LogP contribution is 2.37. The van der Waals surface area contributed by atoms with Crippen molar-refractivity contribution in [1.82, 2.24) is 4.90 Å². The van der Waals surface area contributed by atoms with E-state index in [1.54, 1.807) is 12.1 Å². The van der Waals surface area contributed by atoms with Crippen LogP contribution in [-0.2, 0) is 9.84 Å². The largest absolute Gasteiger partial charge is 0.387 e. The average molecular weight is 357 g/mol. The normalized spacial score (nSPS) is 28.8. The summed E-state index contributed by atoms with van der Waals surface area (Å²) in [6.45, 7) is 2.41. The van der Waals surface area contributed by atoms with Crippen LogP contribution in [0.3, 0.4) is 0 Å². The van der Waals surface area contributed by atoms with Crippen LogP contribution in [0.25, 0.3) is 11.1 Å². The Morgan fingerprint density at radius 2 is 1.56 bits per heavy atom. The van der Waals surface area contributed by atoms with Crippen LogP contribution >= 0.6 is 0 Å². The Labute approximate surface area is 149 Å². The lowest BCUT2D eigenvalue weighted by atomic mass is 9.76. The fourth-order valence-electron chi connectivity index (χ4n) is 4.21. The standard InChI is InChI=1S/C20H23NO3S/c22-20(14-21-12-10-18(20)11-13-21)15-25(23,24)19-8-6-17(7-9-19)16-4-2-1-3-5-16/h1-9,18,22H,10-15H2/t20-/m1/s1. The molecular formula is C20H23NO3S. The van der Waals surface area contributed by atoms with Crippen molar-refractivity contribution in [2.75, 3.05) is 25.4 Å². The Balaban J connectivity index is 1.56. The first-order chi connectivity index (χ1) is 12.0. The third kappa shape index (κ3) is 3.24. The predicted molar refractivity (Wildman–Crippen MR) is 98.0 cm³/mol. The molecule has 0 unspecified atom stereocenters. The van der Waals surface area contributed by atoms with E-state index in [1.165, 1.54) is 0 Å². The Morgan fingerprint density at radius 1 is 0.960 bits per heavy atom. The lowest BCUT2D eigenvalue weighted by Gasteiger charge is -2.50. The molecule has 25 heavy (non-hydrogen) atoms.